The number of hydrogen-bond donors (Lipinski definition) is 2. The highest BCUT2D eigenvalue weighted by Gasteiger charge is 2.41. The fourth-order valence-electron chi connectivity index (χ4n) is 2.50. The number of carbonyl (C=O) groups is 2. The summed E-state index contributed by atoms with van der Waals surface area (Å²) in [5, 5.41) is 11.8. The molecule has 0 radical (unpaired) electrons. The van der Waals surface area contributed by atoms with Crippen LogP contribution in [0.1, 0.15) is 30.9 Å². The van der Waals surface area contributed by atoms with E-state index >= 15 is 0 Å². The summed E-state index contributed by atoms with van der Waals surface area (Å²) in [5.41, 5.74) is 2.32. The topological polar surface area (TPSA) is 66.4 Å². The molecule has 1 aliphatic carbocycles. The summed E-state index contributed by atoms with van der Waals surface area (Å²) in [7, 11) is 0. The maximum Gasteiger partial charge on any atom is 0.307 e. The molecule has 4 heteroatoms. The van der Waals surface area contributed by atoms with Crippen LogP contribution in [0.15, 0.2) is 24.3 Å². The second-order valence-corrected chi connectivity index (χ2v) is 4.97. The van der Waals surface area contributed by atoms with Gasteiger partial charge in [-0.05, 0) is 30.4 Å². The number of carboxylic acid groups (broad SMARTS) is 1. The molecule has 2 rings (SSSR count). The standard InChI is InChI=1S/C15H19NO3/c1-2-10-5-3-4-6-11(10)9-16-14(17)12-7-8-13(12)15(18)19/h3-6,12-13H,2,7-9H2,1H3,(H,16,17)(H,18,19). The molecule has 0 heterocycles. The maximum absolute atomic E-state index is 11.9. The molecular weight excluding hydrogens is 242 g/mol. The second kappa shape index (κ2) is 5.87. The van der Waals surface area contributed by atoms with Crippen molar-refractivity contribution in [2.45, 2.75) is 32.7 Å². The first-order valence-electron chi connectivity index (χ1n) is 6.70. The summed E-state index contributed by atoms with van der Waals surface area (Å²) < 4.78 is 0. The van der Waals surface area contributed by atoms with Crippen molar-refractivity contribution in [1.82, 2.24) is 5.32 Å². The van der Waals surface area contributed by atoms with E-state index < -0.39 is 11.9 Å². The van der Waals surface area contributed by atoms with Crippen LogP contribution in [0.25, 0.3) is 0 Å². The van der Waals surface area contributed by atoms with Crippen LogP contribution < -0.4 is 5.32 Å². The number of benzene rings is 1. The van der Waals surface area contributed by atoms with Crippen LogP contribution in [0.2, 0.25) is 0 Å². The van der Waals surface area contributed by atoms with E-state index in [2.05, 4.69) is 12.2 Å². The van der Waals surface area contributed by atoms with Crippen molar-refractivity contribution < 1.29 is 14.7 Å². The second-order valence-electron chi connectivity index (χ2n) is 4.97. The molecule has 2 atom stereocenters. The van der Waals surface area contributed by atoms with Gasteiger partial charge in [0.1, 0.15) is 0 Å². The molecule has 4 nitrogen and oxygen atoms in total. The zero-order valence-electron chi connectivity index (χ0n) is 11.1. The van der Waals surface area contributed by atoms with Crippen molar-refractivity contribution in [3.63, 3.8) is 0 Å². The van der Waals surface area contributed by atoms with Crippen LogP contribution in [-0.4, -0.2) is 17.0 Å². The van der Waals surface area contributed by atoms with Gasteiger partial charge in [-0.1, -0.05) is 31.2 Å². The Hall–Kier alpha value is -1.84. The van der Waals surface area contributed by atoms with E-state index in [4.69, 9.17) is 5.11 Å². The summed E-state index contributed by atoms with van der Waals surface area (Å²) >= 11 is 0. The van der Waals surface area contributed by atoms with Gasteiger partial charge >= 0.3 is 5.97 Å². The summed E-state index contributed by atoms with van der Waals surface area (Å²) in [6.45, 7) is 2.55. The Labute approximate surface area is 112 Å². The van der Waals surface area contributed by atoms with Gasteiger partial charge in [0.15, 0.2) is 0 Å². The third-order valence-corrected chi connectivity index (χ3v) is 3.88. The Morgan fingerprint density at radius 1 is 1.21 bits per heavy atom. The molecule has 102 valence electrons. The minimum absolute atomic E-state index is 0.135. The molecule has 0 spiro atoms. The van der Waals surface area contributed by atoms with Gasteiger partial charge in [0.05, 0.1) is 11.8 Å². The van der Waals surface area contributed by atoms with Gasteiger partial charge in [-0.25, -0.2) is 0 Å². The fraction of sp³-hybridized carbons (Fsp3) is 0.467. The quantitative estimate of drug-likeness (QED) is 0.851. The third-order valence-electron chi connectivity index (χ3n) is 3.88. The average Bonchev–Trinajstić information content (AvgIpc) is 2.34. The SMILES string of the molecule is CCc1ccccc1CNC(=O)C1CCC1C(=O)O. The largest absolute Gasteiger partial charge is 0.481 e. The molecule has 2 unspecified atom stereocenters. The maximum atomic E-state index is 11.9. The van der Waals surface area contributed by atoms with E-state index in [1.165, 1.54) is 5.56 Å². The van der Waals surface area contributed by atoms with Crippen LogP contribution in [-0.2, 0) is 22.6 Å². The van der Waals surface area contributed by atoms with Gasteiger partial charge in [0, 0.05) is 6.54 Å². The number of aliphatic carboxylic acids is 1. The molecule has 1 amide bonds. The molecule has 19 heavy (non-hydrogen) atoms. The number of amides is 1. The molecule has 0 saturated heterocycles. The molecule has 0 aliphatic heterocycles. The van der Waals surface area contributed by atoms with E-state index in [0.29, 0.717) is 19.4 Å². The highest BCUT2D eigenvalue weighted by molar-refractivity contribution is 5.86. The third kappa shape index (κ3) is 2.95. The Balaban J connectivity index is 1.92. The zero-order valence-corrected chi connectivity index (χ0v) is 11.1. The first kappa shape index (κ1) is 13.6. The number of carboxylic acids is 1. The Morgan fingerprint density at radius 2 is 1.84 bits per heavy atom. The van der Waals surface area contributed by atoms with Gasteiger partial charge in [0.25, 0.3) is 0 Å². The normalized spacial score (nSPS) is 21.5. The summed E-state index contributed by atoms with van der Waals surface area (Å²) in [4.78, 5) is 22.8. The van der Waals surface area contributed by atoms with Gasteiger partial charge in [-0.15, -0.1) is 0 Å². The Bertz CT molecular complexity index is 484. The number of aryl methyl sites for hydroxylation is 1. The van der Waals surface area contributed by atoms with Crippen LogP contribution in [0, 0.1) is 11.8 Å². The fourth-order valence-corrected chi connectivity index (χ4v) is 2.50. The monoisotopic (exact) mass is 261 g/mol. The molecule has 1 aromatic carbocycles. The number of rotatable bonds is 5. The number of carbonyl (C=O) groups excluding carboxylic acids is 1. The van der Waals surface area contributed by atoms with Crippen molar-refractivity contribution in [3.8, 4) is 0 Å². The lowest BCUT2D eigenvalue weighted by molar-refractivity contribution is -0.152. The average molecular weight is 261 g/mol. The molecule has 1 fully saturated rings. The van der Waals surface area contributed by atoms with E-state index in [-0.39, 0.29) is 11.8 Å². The lowest BCUT2D eigenvalue weighted by atomic mass is 9.73. The van der Waals surface area contributed by atoms with Crippen LogP contribution >= 0.6 is 0 Å². The molecule has 1 aliphatic rings. The minimum Gasteiger partial charge on any atom is -0.481 e. The van der Waals surface area contributed by atoms with E-state index in [1.807, 2.05) is 24.3 Å². The summed E-state index contributed by atoms with van der Waals surface area (Å²) in [6, 6.07) is 7.97. The Kier molecular flexibility index (Phi) is 4.20. The van der Waals surface area contributed by atoms with E-state index in [1.54, 1.807) is 0 Å². The molecule has 0 aromatic heterocycles. The van der Waals surface area contributed by atoms with Gasteiger partial charge < -0.3 is 10.4 Å². The first-order chi connectivity index (χ1) is 9.13. The number of hydrogen-bond acceptors (Lipinski definition) is 2. The van der Waals surface area contributed by atoms with Gasteiger partial charge in [-0.2, -0.15) is 0 Å². The van der Waals surface area contributed by atoms with Crippen LogP contribution in [0.3, 0.4) is 0 Å². The zero-order chi connectivity index (χ0) is 13.8. The molecule has 2 N–H and O–H groups in total. The predicted molar refractivity (Wildman–Crippen MR) is 71.5 cm³/mol. The predicted octanol–water partition coefficient (Wildman–Crippen LogP) is 1.98. The van der Waals surface area contributed by atoms with Gasteiger partial charge in [-0.3, -0.25) is 9.59 Å². The smallest absolute Gasteiger partial charge is 0.307 e. The highest BCUT2D eigenvalue weighted by atomic mass is 16.4. The molecule has 1 aromatic rings. The van der Waals surface area contributed by atoms with E-state index in [9.17, 15) is 9.59 Å². The lowest BCUT2D eigenvalue weighted by Crippen LogP contribution is -2.43. The molecular formula is C15H19NO3. The first-order valence-corrected chi connectivity index (χ1v) is 6.70. The summed E-state index contributed by atoms with van der Waals surface area (Å²) in [6.07, 6.45) is 2.21. The highest BCUT2D eigenvalue weighted by Crippen LogP contribution is 2.34. The Morgan fingerprint density at radius 3 is 2.37 bits per heavy atom. The summed E-state index contributed by atoms with van der Waals surface area (Å²) in [5.74, 6) is -1.85. The lowest BCUT2D eigenvalue weighted by Gasteiger charge is -2.32. The van der Waals surface area contributed by atoms with Crippen molar-refractivity contribution in [1.29, 1.82) is 0 Å². The molecule has 0 bridgehead atoms. The minimum atomic E-state index is -0.861. The van der Waals surface area contributed by atoms with E-state index in [0.717, 1.165) is 12.0 Å². The van der Waals surface area contributed by atoms with Crippen LogP contribution in [0.5, 0.6) is 0 Å². The van der Waals surface area contributed by atoms with Crippen LogP contribution in [0.4, 0.5) is 0 Å². The number of nitrogens with one attached hydrogen (secondary N) is 1. The van der Waals surface area contributed by atoms with Crippen molar-refractivity contribution in [3.05, 3.63) is 35.4 Å². The molecule has 1 saturated carbocycles. The van der Waals surface area contributed by atoms with Crippen molar-refractivity contribution in [2.24, 2.45) is 11.8 Å². The van der Waals surface area contributed by atoms with Crippen molar-refractivity contribution in [2.75, 3.05) is 0 Å². The van der Waals surface area contributed by atoms with Crippen molar-refractivity contribution >= 4 is 11.9 Å². The van der Waals surface area contributed by atoms with Gasteiger partial charge in [0.2, 0.25) is 5.91 Å².